The molecule has 0 atom stereocenters. The Morgan fingerprint density at radius 2 is 2.05 bits per heavy atom. The second kappa shape index (κ2) is 4.98. The second-order valence-electron chi connectivity index (χ2n) is 4.27. The second-order valence-corrected chi connectivity index (χ2v) is 4.27. The maximum absolute atomic E-state index is 10.7. The van der Waals surface area contributed by atoms with Crippen LogP contribution in [-0.2, 0) is 6.61 Å². The molecule has 0 fully saturated rings. The lowest BCUT2D eigenvalue weighted by molar-refractivity contribution is 0.112. The van der Waals surface area contributed by atoms with Gasteiger partial charge in [-0.15, -0.1) is 0 Å². The van der Waals surface area contributed by atoms with Gasteiger partial charge >= 0.3 is 0 Å². The van der Waals surface area contributed by atoms with Gasteiger partial charge < -0.3 is 9.15 Å². The van der Waals surface area contributed by atoms with Crippen molar-refractivity contribution in [3.63, 3.8) is 0 Å². The molecular formula is C16H12O3. The number of ether oxygens (including phenoxy) is 1. The number of aldehydes is 1. The molecule has 1 aromatic heterocycles. The number of benzene rings is 2. The lowest BCUT2D eigenvalue weighted by Gasteiger charge is -2.06. The number of hydrogen-bond acceptors (Lipinski definition) is 3. The van der Waals surface area contributed by atoms with E-state index >= 15 is 0 Å². The molecule has 2 aromatic carbocycles. The van der Waals surface area contributed by atoms with E-state index in [4.69, 9.17) is 9.15 Å². The summed E-state index contributed by atoms with van der Waals surface area (Å²) >= 11 is 0. The maximum atomic E-state index is 10.7. The Bertz CT molecular complexity index is 713. The van der Waals surface area contributed by atoms with Crippen LogP contribution in [0.5, 0.6) is 5.75 Å². The number of rotatable bonds is 4. The van der Waals surface area contributed by atoms with E-state index in [0.717, 1.165) is 28.6 Å². The molecule has 0 saturated heterocycles. The van der Waals surface area contributed by atoms with Crippen molar-refractivity contribution in [3.05, 3.63) is 65.9 Å². The number of carbonyl (C=O) groups excluding carboxylic acids is 1. The minimum absolute atomic E-state index is 0.436. The van der Waals surface area contributed by atoms with Gasteiger partial charge in [-0.05, 0) is 35.9 Å². The molecule has 0 saturated carbocycles. The average Bonchev–Trinajstić information content (AvgIpc) is 2.93. The molecule has 0 unspecified atom stereocenters. The first-order valence-electron chi connectivity index (χ1n) is 5.99. The van der Waals surface area contributed by atoms with Crippen LogP contribution in [0.2, 0.25) is 0 Å². The maximum Gasteiger partial charge on any atom is 0.150 e. The monoisotopic (exact) mass is 252 g/mol. The Kier molecular flexibility index (Phi) is 3.02. The van der Waals surface area contributed by atoms with E-state index in [0.29, 0.717) is 12.2 Å². The van der Waals surface area contributed by atoms with E-state index in [9.17, 15) is 4.79 Å². The van der Waals surface area contributed by atoms with E-state index in [-0.39, 0.29) is 0 Å². The predicted octanol–water partition coefficient (Wildman–Crippen LogP) is 3.82. The first-order chi connectivity index (χ1) is 9.35. The Morgan fingerprint density at radius 1 is 1.11 bits per heavy atom. The van der Waals surface area contributed by atoms with Gasteiger partial charge in [0.15, 0.2) is 0 Å². The zero-order valence-corrected chi connectivity index (χ0v) is 10.2. The van der Waals surface area contributed by atoms with Gasteiger partial charge in [-0.25, -0.2) is 0 Å². The van der Waals surface area contributed by atoms with E-state index in [1.165, 1.54) is 0 Å². The highest BCUT2D eigenvalue weighted by molar-refractivity contribution is 5.78. The molecule has 0 spiro atoms. The Balaban J connectivity index is 1.75. The molecule has 3 heteroatoms. The van der Waals surface area contributed by atoms with Crippen molar-refractivity contribution in [2.24, 2.45) is 0 Å². The van der Waals surface area contributed by atoms with Gasteiger partial charge in [0.1, 0.15) is 24.2 Å². The standard InChI is InChI=1S/C16H12O3/c17-10-12-2-1-3-13(8-12)11-19-15-4-5-16-14(9-15)6-7-18-16/h1-10H,11H2. The molecule has 3 aromatic rings. The minimum atomic E-state index is 0.436. The normalized spacial score (nSPS) is 10.5. The van der Waals surface area contributed by atoms with Crippen LogP contribution < -0.4 is 4.74 Å². The molecule has 19 heavy (non-hydrogen) atoms. The average molecular weight is 252 g/mol. The molecule has 94 valence electrons. The SMILES string of the molecule is O=Cc1cccc(COc2ccc3occc3c2)c1. The zero-order valence-electron chi connectivity index (χ0n) is 10.2. The van der Waals surface area contributed by atoms with E-state index < -0.39 is 0 Å². The summed E-state index contributed by atoms with van der Waals surface area (Å²) in [7, 11) is 0. The van der Waals surface area contributed by atoms with Gasteiger partial charge in [0, 0.05) is 10.9 Å². The fraction of sp³-hybridized carbons (Fsp3) is 0.0625. The van der Waals surface area contributed by atoms with Crippen LogP contribution >= 0.6 is 0 Å². The Labute approximate surface area is 110 Å². The van der Waals surface area contributed by atoms with Gasteiger partial charge in [0.05, 0.1) is 6.26 Å². The van der Waals surface area contributed by atoms with Crippen LogP contribution in [0, 0.1) is 0 Å². The Morgan fingerprint density at radius 3 is 2.95 bits per heavy atom. The molecule has 0 N–H and O–H groups in total. The molecule has 3 nitrogen and oxygen atoms in total. The summed E-state index contributed by atoms with van der Waals surface area (Å²) in [6.45, 7) is 0.436. The number of hydrogen-bond donors (Lipinski definition) is 0. The van der Waals surface area contributed by atoms with Gasteiger partial charge in [-0.3, -0.25) is 4.79 Å². The largest absolute Gasteiger partial charge is 0.489 e. The summed E-state index contributed by atoms with van der Waals surface area (Å²) in [4.78, 5) is 10.7. The molecular weight excluding hydrogens is 240 g/mol. The van der Waals surface area contributed by atoms with Crippen molar-refractivity contribution in [2.45, 2.75) is 6.61 Å². The summed E-state index contributed by atoms with van der Waals surface area (Å²) in [5.74, 6) is 0.783. The third-order valence-corrected chi connectivity index (χ3v) is 2.92. The van der Waals surface area contributed by atoms with Crippen LogP contribution in [0.3, 0.4) is 0 Å². The lowest BCUT2D eigenvalue weighted by atomic mass is 10.1. The first kappa shape index (κ1) is 11.5. The molecule has 3 rings (SSSR count). The lowest BCUT2D eigenvalue weighted by Crippen LogP contribution is -1.96. The molecule has 0 radical (unpaired) electrons. The van der Waals surface area contributed by atoms with E-state index in [2.05, 4.69) is 0 Å². The first-order valence-corrected chi connectivity index (χ1v) is 5.99. The van der Waals surface area contributed by atoms with Crippen LogP contribution in [0.4, 0.5) is 0 Å². The van der Waals surface area contributed by atoms with Crippen molar-refractivity contribution in [1.82, 2.24) is 0 Å². The predicted molar refractivity (Wildman–Crippen MR) is 72.4 cm³/mol. The van der Waals surface area contributed by atoms with E-state index in [1.807, 2.05) is 42.5 Å². The van der Waals surface area contributed by atoms with Crippen molar-refractivity contribution in [3.8, 4) is 5.75 Å². The summed E-state index contributed by atoms with van der Waals surface area (Å²) in [6.07, 6.45) is 2.49. The van der Waals surface area contributed by atoms with Gasteiger partial charge in [0.25, 0.3) is 0 Å². The van der Waals surface area contributed by atoms with E-state index in [1.54, 1.807) is 12.3 Å². The van der Waals surface area contributed by atoms with Gasteiger partial charge in [-0.2, -0.15) is 0 Å². The van der Waals surface area contributed by atoms with Gasteiger partial charge in [0.2, 0.25) is 0 Å². The summed E-state index contributed by atoms with van der Waals surface area (Å²) in [5.41, 5.74) is 2.47. The highest BCUT2D eigenvalue weighted by atomic mass is 16.5. The minimum Gasteiger partial charge on any atom is -0.489 e. The smallest absolute Gasteiger partial charge is 0.150 e. The van der Waals surface area contributed by atoms with Gasteiger partial charge in [-0.1, -0.05) is 18.2 Å². The number of furan rings is 1. The fourth-order valence-electron chi connectivity index (χ4n) is 1.96. The third-order valence-electron chi connectivity index (χ3n) is 2.92. The summed E-state index contributed by atoms with van der Waals surface area (Å²) < 4.78 is 11.0. The van der Waals surface area contributed by atoms with Crippen LogP contribution in [0.15, 0.2) is 59.2 Å². The highest BCUT2D eigenvalue weighted by Gasteiger charge is 2.01. The topological polar surface area (TPSA) is 39.4 Å². The molecule has 0 bridgehead atoms. The Hall–Kier alpha value is -2.55. The molecule has 0 aliphatic carbocycles. The molecule has 0 aliphatic heterocycles. The fourth-order valence-corrected chi connectivity index (χ4v) is 1.96. The summed E-state index contributed by atoms with van der Waals surface area (Å²) in [6, 6.07) is 15.0. The molecule has 0 amide bonds. The van der Waals surface area contributed by atoms with Crippen molar-refractivity contribution in [2.75, 3.05) is 0 Å². The number of fused-ring (bicyclic) bond motifs is 1. The third kappa shape index (κ3) is 2.50. The quantitative estimate of drug-likeness (QED) is 0.662. The molecule has 0 aliphatic rings. The van der Waals surface area contributed by atoms with Crippen LogP contribution in [0.1, 0.15) is 15.9 Å². The van der Waals surface area contributed by atoms with Crippen molar-refractivity contribution in [1.29, 1.82) is 0 Å². The van der Waals surface area contributed by atoms with Crippen LogP contribution in [-0.4, -0.2) is 6.29 Å². The van der Waals surface area contributed by atoms with Crippen molar-refractivity contribution < 1.29 is 13.9 Å². The molecule has 1 heterocycles. The van der Waals surface area contributed by atoms with Crippen LogP contribution in [0.25, 0.3) is 11.0 Å². The highest BCUT2D eigenvalue weighted by Crippen LogP contribution is 2.22. The zero-order chi connectivity index (χ0) is 13.1. The number of carbonyl (C=O) groups is 1. The summed E-state index contributed by atoms with van der Waals surface area (Å²) in [5, 5.41) is 1.01. The van der Waals surface area contributed by atoms with Crippen molar-refractivity contribution >= 4 is 17.3 Å².